The number of allylic oxidation sites excluding steroid dienone is 1. The molecule has 19 heavy (non-hydrogen) atoms. The first-order valence-electron chi connectivity index (χ1n) is 5.98. The number of thioether (sulfide) groups is 1. The Morgan fingerprint density at radius 1 is 1.32 bits per heavy atom. The van der Waals surface area contributed by atoms with Gasteiger partial charge in [-0.1, -0.05) is 24.1 Å². The molecule has 1 heterocycles. The van der Waals surface area contributed by atoms with E-state index in [1.165, 1.54) is 0 Å². The highest BCUT2D eigenvalue weighted by Crippen LogP contribution is 2.18. The van der Waals surface area contributed by atoms with Gasteiger partial charge in [-0.2, -0.15) is 5.10 Å². The first-order chi connectivity index (χ1) is 9.28. The average molecular weight is 270 g/mol. The van der Waals surface area contributed by atoms with E-state index in [1.807, 2.05) is 36.4 Å². The van der Waals surface area contributed by atoms with Crippen molar-refractivity contribution in [2.45, 2.75) is 17.7 Å². The molecule has 0 fully saturated rings. The lowest BCUT2D eigenvalue weighted by Crippen LogP contribution is -2.24. The maximum atomic E-state index is 10.9. The van der Waals surface area contributed by atoms with Gasteiger partial charge in [0.05, 0.1) is 11.5 Å². The Labute approximate surface area is 117 Å². The van der Waals surface area contributed by atoms with Crippen LogP contribution < -0.4 is 5.43 Å². The maximum absolute atomic E-state index is 10.9. The molecule has 96 valence electrons. The third kappa shape index (κ3) is 4.31. The van der Waals surface area contributed by atoms with Crippen LogP contribution in [0, 0.1) is 12.3 Å². The number of nitrogens with one attached hydrogen (secondary N) is 1. The van der Waals surface area contributed by atoms with Gasteiger partial charge in [0.25, 0.3) is 0 Å². The molecule has 0 saturated heterocycles. The predicted molar refractivity (Wildman–Crippen MR) is 79.8 cm³/mol. The van der Waals surface area contributed by atoms with Crippen LogP contribution in [0.5, 0.6) is 0 Å². The summed E-state index contributed by atoms with van der Waals surface area (Å²) in [5, 5.41) is 3.99. The molecule has 0 aliphatic carbocycles. The summed E-state index contributed by atoms with van der Waals surface area (Å²) in [5.74, 6) is 3.27. The van der Waals surface area contributed by atoms with E-state index in [9.17, 15) is 4.79 Å². The molecular formula is C15H14N2OS. The van der Waals surface area contributed by atoms with Crippen molar-refractivity contribution >= 4 is 29.5 Å². The van der Waals surface area contributed by atoms with Crippen molar-refractivity contribution in [2.75, 3.05) is 5.75 Å². The maximum Gasteiger partial charge on any atom is 0.240 e. The molecule has 1 aliphatic heterocycles. The molecule has 3 nitrogen and oxygen atoms in total. The summed E-state index contributed by atoms with van der Waals surface area (Å²) < 4.78 is 0. The van der Waals surface area contributed by atoms with Crippen LogP contribution in [-0.2, 0) is 4.79 Å². The number of rotatable bonds is 4. The fourth-order valence-corrected chi connectivity index (χ4v) is 2.18. The minimum absolute atomic E-state index is 0.0213. The van der Waals surface area contributed by atoms with E-state index in [0.717, 1.165) is 16.2 Å². The summed E-state index contributed by atoms with van der Waals surface area (Å²) in [5.41, 5.74) is 4.47. The first kappa shape index (κ1) is 13.4. The van der Waals surface area contributed by atoms with Gasteiger partial charge in [-0.3, -0.25) is 4.79 Å². The largest absolute Gasteiger partial charge is 0.273 e. The van der Waals surface area contributed by atoms with Crippen molar-refractivity contribution in [3.63, 3.8) is 0 Å². The highest BCUT2D eigenvalue weighted by Gasteiger charge is 2.08. The second-order valence-corrected chi connectivity index (χ2v) is 5.08. The summed E-state index contributed by atoms with van der Waals surface area (Å²) >= 11 is 1.64. The van der Waals surface area contributed by atoms with E-state index in [0.29, 0.717) is 18.6 Å². The summed E-state index contributed by atoms with van der Waals surface area (Å²) in [4.78, 5) is 12.1. The number of hydrogen-bond acceptors (Lipinski definition) is 3. The lowest BCUT2D eigenvalue weighted by Gasteiger charge is -2.08. The van der Waals surface area contributed by atoms with Gasteiger partial charge in [0.1, 0.15) is 0 Å². The zero-order valence-corrected chi connectivity index (χ0v) is 11.2. The molecule has 1 amide bonds. The summed E-state index contributed by atoms with van der Waals surface area (Å²) in [6, 6.07) is 8.17. The van der Waals surface area contributed by atoms with Gasteiger partial charge in [0.15, 0.2) is 0 Å². The minimum atomic E-state index is -0.0213. The normalized spacial score (nSPS) is 14.9. The van der Waals surface area contributed by atoms with Crippen LogP contribution in [-0.4, -0.2) is 17.4 Å². The van der Waals surface area contributed by atoms with Crippen molar-refractivity contribution in [3.8, 4) is 12.3 Å². The van der Waals surface area contributed by atoms with Gasteiger partial charge in [0.2, 0.25) is 5.91 Å². The zero-order valence-electron chi connectivity index (χ0n) is 10.4. The molecular weight excluding hydrogens is 256 g/mol. The Hall–Kier alpha value is -1.99. The van der Waals surface area contributed by atoms with E-state index in [4.69, 9.17) is 6.42 Å². The van der Waals surface area contributed by atoms with Crippen LogP contribution in [0.3, 0.4) is 0 Å². The molecule has 0 spiro atoms. The molecule has 0 unspecified atom stereocenters. The second-order valence-electron chi connectivity index (χ2n) is 4.03. The molecule has 4 heteroatoms. The average Bonchev–Trinajstić information content (AvgIpc) is 2.46. The van der Waals surface area contributed by atoms with Crippen LogP contribution in [0.25, 0.3) is 6.08 Å². The summed E-state index contributed by atoms with van der Waals surface area (Å²) in [7, 11) is 0. The Morgan fingerprint density at radius 3 is 2.74 bits per heavy atom. The SMILES string of the molecule is C#CCSc1ccc(C=CC2=NNC(=O)CC2)cc1. The molecule has 0 aromatic heterocycles. The standard InChI is InChI=1S/C15H14N2OS/c1-2-11-19-14-8-4-12(5-9-14)3-6-13-7-10-15(18)17-16-13/h1,3-6,8-9H,7,10-11H2,(H,17,18). The highest BCUT2D eigenvalue weighted by atomic mass is 32.2. The molecule has 1 aliphatic rings. The van der Waals surface area contributed by atoms with E-state index >= 15 is 0 Å². The highest BCUT2D eigenvalue weighted by molar-refractivity contribution is 7.99. The second kappa shape index (κ2) is 6.81. The fraction of sp³-hybridized carbons (Fsp3) is 0.200. The zero-order chi connectivity index (χ0) is 13.5. The van der Waals surface area contributed by atoms with Crippen LogP contribution in [0.4, 0.5) is 0 Å². The number of hydrazone groups is 1. The number of benzene rings is 1. The topological polar surface area (TPSA) is 41.5 Å². The molecule has 0 radical (unpaired) electrons. The minimum Gasteiger partial charge on any atom is -0.273 e. The van der Waals surface area contributed by atoms with Crippen LogP contribution >= 0.6 is 11.8 Å². The van der Waals surface area contributed by atoms with E-state index in [2.05, 4.69) is 16.4 Å². The lowest BCUT2D eigenvalue weighted by molar-refractivity contribution is -0.121. The van der Waals surface area contributed by atoms with Crippen molar-refractivity contribution in [3.05, 3.63) is 35.9 Å². The van der Waals surface area contributed by atoms with E-state index < -0.39 is 0 Å². The van der Waals surface area contributed by atoms with Crippen LogP contribution in [0.15, 0.2) is 40.3 Å². The third-order valence-corrected chi connectivity index (χ3v) is 3.52. The van der Waals surface area contributed by atoms with Crippen LogP contribution in [0.2, 0.25) is 0 Å². The Kier molecular flexibility index (Phi) is 4.82. The van der Waals surface area contributed by atoms with Crippen molar-refractivity contribution < 1.29 is 4.79 Å². The Morgan fingerprint density at radius 2 is 2.11 bits per heavy atom. The molecule has 1 N–H and O–H groups in total. The summed E-state index contributed by atoms with van der Waals surface area (Å²) in [6.07, 6.45) is 10.3. The van der Waals surface area contributed by atoms with Gasteiger partial charge < -0.3 is 0 Å². The van der Waals surface area contributed by atoms with Gasteiger partial charge in [-0.05, 0) is 23.8 Å². The Bertz CT molecular complexity index is 553. The number of hydrogen-bond donors (Lipinski definition) is 1. The van der Waals surface area contributed by atoms with E-state index in [-0.39, 0.29) is 5.91 Å². The van der Waals surface area contributed by atoms with Crippen molar-refractivity contribution in [2.24, 2.45) is 5.10 Å². The molecule has 0 bridgehead atoms. The van der Waals surface area contributed by atoms with Crippen LogP contribution in [0.1, 0.15) is 18.4 Å². The van der Waals surface area contributed by atoms with Gasteiger partial charge in [0, 0.05) is 17.7 Å². The number of carbonyl (C=O) groups excluding carboxylic acids is 1. The Balaban J connectivity index is 1.96. The van der Waals surface area contributed by atoms with Gasteiger partial charge in [-0.15, -0.1) is 18.2 Å². The fourth-order valence-electron chi connectivity index (χ4n) is 1.60. The van der Waals surface area contributed by atoms with Gasteiger partial charge >= 0.3 is 0 Å². The van der Waals surface area contributed by atoms with Gasteiger partial charge in [-0.25, -0.2) is 5.43 Å². The first-order valence-corrected chi connectivity index (χ1v) is 6.96. The quantitative estimate of drug-likeness (QED) is 0.675. The number of amides is 1. The third-order valence-electron chi connectivity index (χ3n) is 2.60. The molecule has 1 aromatic rings. The molecule has 0 saturated carbocycles. The number of nitrogens with zero attached hydrogens (tertiary/aromatic N) is 1. The monoisotopic (exact) mass is 270 g/mol. The predicted octanol–water partition coefficient (Wildman–Crippen LogP) is 2.69. The summed E-state index contributed by atoms with van der Waals surface area (Å²) in [6.45, 7) is 0. The molecule has 2 rings (SSSR count). The van der Waals surface area contributed by atoms with E-state index in [1.54, 1.807) is 11.8 Å². The smallest absolute Gasteiger partial charge is 0.240 e. The lowest BCUT2D eigenvalue weighted by atomic mass is 10.1. The molecule has 0 atom stereocenters. The number of terminal acetylenes is 1. The van der Waals surface area contributed by atoms with Crippen molar-refractivity contribution in [1.82, 2.24) is 5.43 Å². The van der Waals surface area contributed by atoms with Crippen molar-refractivity contribution in [1.29, 1.82) is 0 Å². The number of carbonyl (C=O) groups is 1. The molecule has 1 aromatic carbocycles.